The van der Waals surface area contributed by atoms with Crippen molar-refractivity contribution in [3.05, 3.63) is 70.9 Å². The first-order valence-electron chi connectivity index (χ1n) is 6.93. The number of rotatable bonds is 5. The number of carbonyl (C=O) groups excluding carboxylic acids is 1. The highest BCUT2D eigenvalue weighted by atomic mass is 32.1. The number of hydrogen-bond acceptors (Lipinski definition) is 4. The molecular formula is C17H15N3OS. The standard InChI is InChI=1S/C17H15N3OS/c21-17(7-13-2-1-4-18-8-13)20-10-14-6-16(11-19-9-14)15-3-5-22-12-15/h1-6,8-9,11-12H,7,10H2,(H,20,21). The molecule has 1 N–H and O–H groups in total. The fraction of sp³-hybridized carbons (Fsp3) is 0.118. The van der Waals surface area contributed by atoms with E-state index in [0.29, 0.717) is 13.0 Å². The predicted octanol–water partition coefficient (Wildman–Crippen LogP) is 3.06. The van der Waals surface area contributed by atoms with E-state index in [0.717, 1.165) is 22.3 Å². The predicted molar refractivity (Wildman–Crippen MR) is 87.3 cm³/mol. The molecule has 5 heteroatoms. The van der Waals surface area contributed by atoms with E-state index in [9.17, 15) is 4.79 Å². The van der Waals surface area contributed by atoms with Gasteiger partial charge >= 0.3 is 0 Å². The Morgan fingerprint density at radius 1 is 1.09 bits per heavy atom. The van der Waals surface area contributed by atoms with Crippen molar-refractivity contribution < 1.29 is 4.79 Å². The van der Waals surface area contributed by atoms with Gasteiger partial charge in [-0.1, -0.05) is 6.07 Å². The molecule has 1 amide bonds. The van der Waals surface area contributed by atoms with Crippen molar-refractivity contribution in [2.24, 2.45) is 0 Å². The van der Waals surface area contributed by atoms with Crippen molar-refractivity contribution >= 4 is 17.2 Å². The Morgan fingerprint density at radius 2 is 2.00 bits per heavy atom. The zero-order valence-corrected chi connectivity index (χ0v) is 12.7. The van der Waals surface area contributed by atoms with Gasteiger partial charge in [-0.3, -0.25) is 14.8 Å². The molecule has 0 aromatic carbocycles. The molecule has 22 heavy (non-hydrogen) atoms. The molecule has 0 aliphatic heterocycles. The maximum absolute atomic E-state index is 11.9. The summed E-state index contributed by atoms with van der Waals surface area (Å²) in [5.74, 6) is -0.0195. The van der Waals surface area contributed by atoms with Crippen LogP contribution in [0.2, 0.25) is 0 Å². The summed E-state index contributed by atoms with van der Waals surface area (Å²) in [4.78, 5) is 20.2. The first-order chi connectivity index (χ1) is 10.8. The summed E-state index contributed by atoms with van der Waals surface area (Å²) >= 11 is 1.66. The lowest BCUT2D eigenvalue weighted by Gasteiger charge is -2.06. The quantitative estimate of drug-likeness (QED) is 0.788. The summed E-state index contributed by atoms with van der Waals surface area (Å²) in [6.07, 6.45) is 7.36. The molecule has 0 saturated heterocycles. The van der Waals surface area contributed by atoms with Crippen LogP contribution in [-0.2, 0) is 17.8 Å². The van der Waals surface area contributed by atoms with Gasteiger partial charge < -0.3 is 5.32 Å². The smallest absolute Gasteiger partial charge is 0.224 e. The summed E-state index contributed by atoms with van der Waals surface area (Å²) in [5, 5.41) is 7.04. The summed E-state index contributed by atoms with van der Waals surface area (Å²) in [7, 11) is 0. The third-order valence-corrected chi connectivity index (χ3v) is 3.91. The van der Waals surface area contributed by atoms with Crippen LogP contribution in [0.1, 0.15) is 11.1 Å². The van der Waals surface area contributed by atoms with Crippen molar-refractivity contribution in [3.63, 3.8) is 0 Å². The Morgan fingerprint density at radius 3 is 2.77 bits per heavy atom. The van der Waals surface area contributed by atoms with Gasteiger partial charge in [0.25, 0.3) is 0 Å². The Labute approximate surface area is 132 Å². The van der Waals surface area contributed by atoms with Crippen molar-refractivity contribution in [2.45, 2.75) is 13.0 Å². The van der Waals surface area contributed by atoms with E-state index in [1.54, 1.807) is 29.9 Å². The van der Waals surface area contributed by atoms with E-state index in [4.69, 9.17) is 0 Å². The molecule has 3 rings (SSSR count). The van der Waals surface area contributed by atoms with Crippen LogP contribution in [0.4, 0.5) is 0 Å². The minimum absolute atomic E-state index is 0.0195. The highest BCUT2D eigenvalue weighted by Gasteiger charge is 2.05. The molecule has 0 unspecified atom stereocenters. The lowest BCUT2D eigenvalue weighted by molar-refractivity contribution is -0.120. The number of thiophene rings is 1. The number of nitrogens with zero attached hydrogens (tertiary/aromatic N) is 2. The largest absolute Gasteiger partial charge is 0.352 e. The maximum atomic E-state index is 11.9. The molecule has 0 atom stereocenters. The lowest BCUT2D eigenvalue weighted by atomic mass is 10.1. The Balaban J connectivity index is 1.60. The van der Waals surface area contributed by atoms with E-state index in [-0.39, 0.29) is 5.91 Å². The van der Waals surface area contributed by atoms with Gasteiger partial charge in [-0.2, -0.15) is 11.3 Å². The second kappa shape index (κ2) is 6.95. The summed E-state index contributed by atoms with van der Waals surface area (Å²) in [6, 6.07) is 7.84. The van der Waals surface area contributed by atoms with E-state index < -0.39 is 0 Å². The third-order valence-electron chi connectivity index (χ3n) is 3.23. The van der Waals surface area contributed by atoms with Gasteiger partial charge in [-0.15, -0.1) is 0 Å². The van der Waals surface area contributed by atoms with Crippen molar-refractivity contribution in [3.8, 4) is 11.1 Å². The number of aromatic nitrogens is 2. The number of carbonyl (C=O) groups is 1. The Hall–Kier alpha value is -2.53. The molecule has 0 saturated carbocycles. The number of hydrogen-bond donors (Lipinski definition) is 1. The van der Waals surface area contributed by atoms with Crippen LogP contribution in [-0.4, -0.2) is 15.9 Å². The average molecular weight is 309 g/mol. The number of nitrogens with one attached hydrogen (secondary N) is 1. The highest BCUT2D eigenvalue weighted by molar-refractivity contribution is 7.08. The van der Waals surface area contributed by atoms with Crippen molar-refractivity contribution in [1.29, 1.82) is 0 Å². The zero-order valence-electron chi connectivity index (χ0n) is 11.9. The lowest BCUT2D eigenvalue weighted by Crippen LogP contribution is -2.24. The topological polar surface area (TPSA) is 54.9 Å². The van der Waals surface area contributed by atoms with Gasteiger partial charge in [0.05, 0.1) is 6.42 Å². The molecule has 0 aliphatic carbocycles. The maximum Gasteiger partial charge on any atom is 0.224 e. The molecule has 0 fully saturated rings. The van der Waals surface area contributed by atoms with Gasteiger partial charge in [0, 0.05) is 36.9 Å². The monoisotopic (exact) mass is 309 g/mol. The van der Waals surface area contributed by atoms with Gasteiger partial charge in [-0.05, 0) is 45.6 Å². The average Bonchev–Trinajstić information content (AvgIpc) is 3.09. The van der Waals surface area contributed by atoms with Crippen LogP contribution < -0.4 is 5.32 Å². The summed E-state index contributed by atoms with van der Waals surface area (Å²) in [5.41, 5.74) is 4.12. The zero-order chi connectivity index (χ0) is 15.2. The van der Waals surface area contributed by atoms with Crippen LogP contribution in [0.5, 0.6) is 0 Å². The van der Waals surface area contributed by atoms with Gasteiger partial charge in [0.15, 0.2) is 0 Å². The molecule has 0 bridgehead atoms. The van der Waals surface area contributed by atoms with Gasteiger partial charge in [0.1, 0.15) is 0 Å². The van der Waals surface area contributed by atoms with E-state index in [2.05, 4.69) is 32.8 Å². The summed E-state index contributed by atoms with van der Waals surface area (Å²) < 4.78 is 0. The normalized spacial score (nSPS) is 10.4. The Bertz CT molecular complexity index is 742. The number of pyridine rings is 2. The molecule has 0 aliphatic rings. The summed E-state index contributed by atoms with van der Waals surface area (Å²) in [6.45, 7) is 0.476. The first kappa shape index (κ1) is 14.4. The van der Waals surface area contributed by atoms with Crippen molar-refractivity contribution in [2.75, 3.05) is 0 Å². The molecule has 0 spiro atoms. The molecule has 0 radical (unpaired) electrons. The molecule has 3 aromatic heterocycles. The van der Waals surface area contributed by atoms with Crippen LogP contribution in [0.25, 0.3) is 11.1 Å². The van der Waals surface area contributed by atoms with Crippen molar-refractivity contribution in [1.82, 2.24) is 15.3 Å². The SMILES string of the molecule is O=C(Cc1cccnc1)NCc1cncc(-c2ccsc2)c1. The number of amides is 1. The molecule has 3 aromatic rings. The first-order valence-corrected chi connectivity index (χ1v) is 7.87. The minimum atomic E-state index is -0.0195. The van der Waals surface area contributed by atoms with Crippen LogP contribution in [0.3, 0.4) is 0 Å². The van der Waals surface area contributed by atoms with Gasteiger partial charge in [-0.25, -0.2) is 0 Å². The van der Waals surface area contributed by atoms with Crippen LogP contribution >= 0.6 is 11.3 Å². The van der Waals surface area contributed by atoms with E-state index >= 15 is 0 Å². The highest BCUT2D eigenvalue weighted by Crippen LogP contribution is 2.21. The second-order valence-corrected chi connectivity index (χ2v) is 5.69. The van der Waals surface area contributed by atoms with Crippen LogP contribution in [0.15, 0.2) is 59.8 Å². The van der Waals surface area contributed by atoms with E-state index in [1.807, 2.05) is 23.7 Å². The van der Waals surface area contributed by atoms with E-state index in [1.165, 1.54) is 0 Å². The fourth-order valence-corrected chi connectivity index (χ4v) is 2.79. The van der Waals surface area contributed by atoms with Gasteiger partial charge in [0.2, 0.25) is 5.91 Å². The van der Waals surface area contributed by atoms with Crippen LogP contribution in [0, 0.1) is 0 Å². The molecule has 4 nitrogen and oxygen atoms in total. The molecule has 110 valence electrons. The minimum Gasteiger partial charge on any atom is -0.352 e. The molecular weight excluding hydrogens is 294 g/mol. The second-order valence-electron chi connectivity index (χ2n) is 4.91. The Kier molecular flexibility index (Phi) is 4.56. The fourth-order valence-electron chi connectivity index (χ4n) is 2.12. The molecule has 3 heterocycles. The third kappa shape index (κ3) is 3.77.